The van der Waals surface area contributed by atoms with Crippen molar-refractivity contribution in [3.05, 3.63) is 40.6 Å². The molecule has 0 aliphatic rings. The summed E-state index contributed by atoms with van der Waals surface area (Å²) in [7, 11) is 0. The number of aliphatic hydroxyl groups is 1. The van der Waals surface area contributed by atoms with E-state index in [1.807, 2.05) is 0 Å². The van der Waals surface area contributed by atoms with Crippen LogP contribution in [0.15, 0.2) is 30.5 Å². The summed E-state index contributed by atoms with van der Waals surface area (Å²) in [6.45, 7) is 0.969. The van der Waals surface area contributed by atoms with Crippen LogP contribution in [-0.2, 0) is 0 Å². The molecule has 7 heteroatoms. The number of nitro benzene ring substituents is 1. The number of nitrogens with one attached hydrogen (secondary N) is 1. The van der Waals surface area contributed by atoms with Crippen LogP contribution in [0.1, 0.15) is 6.42 Å². The maximum Gasteiger partial charge on any atom is 0.278 e. The molecule has 0 aliphatic carbocycles. The summed E-state index contributed by atoms with van der Waals surface area (Å²) >= 11 is 1.76. The van der Waals surface area contributed by atoms with Crippen LogP contribution in [0.4, 0.5) is 11.4 Å². The highest BCUT2D eigenvalue weighted by molar-refractivity contribution is 7.99. The molecule has 6 nitrogen and oxygen atoms in total. The monoisotopic (exact) mass is 307 g/mol. The van der Waals surface area contributed by atoms with Gasteiger partial charge in [0.2, 0.25) is 0 Å². The molecule has 1 aromatic heterocycles. The molecule has 0 amide bonds. The maximum absolute atomic E-state index is 11.0. The molecule has 0 spiro atoms. The van der Waals surface area contributed by atoms with Crippen molar-refractivity contribution in [3.8, 4) is 0 Å². The van der Waals surface area contributed by atoms with Crippen LogP contribution in [0.3, 0.4) is 0 Å². The number of fused-ring (bicyclic) bond motifs is 1. The van der Waals surface area contributed by atoms with Crippen molar-refractivity contribution in [1.29, 1.82) is 0 Å². The molecule has 1 heterocycles. The third kappa shape index (κ3) is 4.05. The summed E-state index contributed by atoms with van der Waals surface area (Å²) in [6, 6.07) is 6.61. The second kappa shape index (κ2) is 7.80. The van der Waals surface area contributed by atoms with Crippen molar-refractivity contribution in [2.75, 3.05) is 30.0 Å². The molecule has 0 aliphatic heterocycles. The van der Waals surface area contributed by atoms with E-state index in [0.717, 1.165) is 30.2 Å². The van der Waals surface area contributed by atoms with Crippen LogP contribution in [0.2, 0.25) is 0 Å². The van der Waals surface area contributed by atoms with E-state index in [9.17, 15) is 10.1 Å². The fourth-order valence-corrected chi connectivity index (χ4v) is 2.77. The van der Waals surface area contributed by atoms with E-state index in [4.69, 9.17) is 5.11 Å². The molecule has 0 saturated carbocycles. The standard InChI is InChI=1S/C14H17N3O3S/c18-8-2-9-21-10-7-15-12-4-5-13(17(19)20)11-3-1-6-16-14(11)12/h1,3-6,15,18H,2,7-10H2. The number of hydrogen-bond donors (Lipinski definition) is 2. The quantitative estimate of drug-likeness (QED) is 0.443. The van der Waals surface area contributed by atoms with Crippen molar-refractivity contribution in [3.63, 3.8) is 0 Å². The Morgan fingerprint density at radius 3 is 2.95 bits per heavy atom. The average molecular weight is 307 g/mol. The van der Waals surface area contributed by atoms with Gasteiger partial charge in [-0.25, -0.2) is 0 Å². The lowest BCUT2D eigenvalue weighted by Crippen LogP contribution is -2.06. The minimum Gasteiger partial charge on any atom is -0.396 e. The molecular weight excluding hydrogens is 290 g/mol. The third-order valence-electron chi connectivity index (χ3n) is 2.95. The first-order valence-electron chi connectivity index (χ1n) is 6.68. The molecule has 21 heavy (non-hydrogen) atoms. The van der Waals surface area contributed by atoms with E-state index >= 15 is 0 Å². The number of aromatic nitrogens is 1. The first kappa shape index (κ1) is 15.5. The number of non-ortho nitro benzene ring substituents is 1. The predicted octanol–water partition coefficient (Wildman–Crippen LogP) is 2.67. The fraction of sp³-hybridized carbons (Fsp3) is 0.357. The average Bonchev–Trinajstić information content (AvgIpc) is 2.50. The van der Waals surface area contributed by atoms with Gasteiger partial charge in [-0.1, -0.05) is 0 Å². The molecule has 0 fully saturated rings. The van der Waals surface area contributed by atoms with Gasteiger partial charge in [0.25, 0.3) is 5.69 Å². The summed E-state index contributed by atoms with van der Waals surface area (Å²) in [5.41, 5.74) is 1.49. The van der Waals surface area contributed by atoms with Gasteiger partial charge >= 0.3 is 0 Å². The van der Waals surface area contributed by atoms with Crippen LogP contribution in [0, 0.1) is 10.1 Å². The van der Waals surface area contributed by atoms with E-state index in [1.54, 1.807) is 36.2 Å². The summed E-state index contributed by atoms with van der Waals surface area (Å²) in [4.78, 5) is 14.9. The van der Waals surface area contributed by atoms with Gasteiger partial charge in [0, 0.05) is 31.2 Å². The number of hydrogen-bond acceptors (Lipinski definition) is 6. The number of anilines is 1. The number of thioether (sulfide) groups is 1. The van der Waals surface area contributed by atoms with E-state index < -0.39 is 4.92 Å². The van der Waals surface area contributed by atoms with Gasteiger partial charge in [-0.15, -0.1) is 0 Å². The van der Waals surface area contributed by atoms with Crippen LogP contribution >= 0.6 is 11.8 Å². The Kier molecular flexibility index (Phi) is 5.77. The number of nitrogens with zero attached hydrogens (tertiary/aromatic N) is 2. The van der Waals surface area contributed by atoms with Gasteiger partial charge in [0.15, 0.2) is 0 Å². The van der Waals surface area contributed by atoms with Crippen molar-refractivity contribution in [2.24, 2.45) is 0 Å². The lowest BCUT2D eigenvalue weighted by atomic mass is 10.1. The smallest absolute Gasteiger partial charge is 0.278 e. The molecule has 2 rings (SSSR count). The second-order valence-corrected chi connectivity index (χ2v) is 5.63. The Labute approximate surface area is 126 Å². The van der Waals surface area contributed by atoms with Crippen molar-refractivity contribution >= 4 is 34.0 Å². The lowest BCUT2D eigenvalue weighted by Gasteiger charge is -2.09. The summed E-state index contributed by atoms with van der Waals surface area (Å²) in [5, 5.41) is 23.5. The Hall–Kier alpha value is -1.86. The zero-order chi connectivity index (χ0) is 15.1. The zero-order valence-electron chi connectivity index (χ0n) is 11.5. The van der Waals surface area contributed by atoms with Gasteiger partial charge in [0.1, 0.15) is 5.52 Å². The Bertz CT molecular complexity index is 621. The van der Waals surface area contributed by atoms with Crippen LogP contribution in [-0.4, -0.2) is 39.7 Å². The van der Waals surface area contributed by atoms with Gasteiger partial charge in [-0.3, -0.25) is 15.1 Å². The van der Waals surface area contributed by atoms with E-state index in [0.29, 0.717) is 10.9 Å². The van der Waals surface area contributed by atoms with E-state index in [2.05, 4.69) is 10.3 Å². The number of benzene rings is 1. The van der Waals surface area contributed by atoms with E-state index in [1.165, 1.54) is 6.07 Å². The molecule has 0 saturated heterocycles. The summed E-state index contributed by atoms with van der Waals surface area (Å²) in [5.74, 6) is 1.84. The topological polar surface area (TPSA) is 88.3 Å². The highest BCUT2D eigenvalue weighted by atomic mass is 32.2. The Balaban J connectivity index is 2.07. The van der Waals surface area contributed by atoms with Gasteiger partial charge in [-0.05, 0) is 30.4 Å². The molecule has 0 atom stereocenters. The molecular formula is C14H17N3O3S. The van der Waals surface area contributed by atoms with Crippen LogP contribution in [0.5, 0.6) is 0 Å². The number of aliphatic hydroxyl groups excluding tert-OH is 1. The predicted molar refractivity (Wildman–Crippen MR) is 85.9 cm³/mol. The highest BCUT2D eigenvalue weighted by Crippen LogP contribution is 2.29. The molecule has 2 aromatic rings. The summed E-state index contributed by atoms with van der Waals surface area (Å²) < 4.78 is 0. The van der Waals surface area contributed by atoms with Crippen LogP contribution < -0.4 is 5.32 Å². The second-order valence-electron chi connectivity index (χ2n) is 4.41. The SMILES string of the molecule is O=[N+]([O-])c1ccc(NCCSCCCO)c2ncccc12. The lowest BCUT2D eigenvalue weighted by molar-refractivity contribution is -0.383. The third-order valence-corrected chi connectivity index (χ3v) is 4.02. The fourth-order valence-electron chi connectivity index (χ4n) is 1.99. The molecule has 112 valence electrons. The first-order chi connectivity index (χ1) is 10.2. The maximum atomic E-state index is 11.0. The molecule has 2 N–H and O–H groups in total. The number of pyridine rings is 1. The number of rotatable bonds is 8. The summed E-state index contributed by atoms with van der Waals surface area (Å²) in [6.07, 6.45) is 2.43. The van der Waals surface area contributed by atoms with Crippen molar-refractivity contribution < 1.29 is 10.0 Å². The van der Waals surface area contributed by atoms with Crippen molar-refractivity contribution in [1.82, 2.24) is 4.98 Å². The van der Waals surface area contributed by atoms with Gasteiger partial charge < -0.3 is 10.4 Å². The van der Waals surface area contributed by atoms with Gasteiger partial charge in [-0.2, -0.15) is 11.8 Å². The Morgan fingerprint density at radius 2 is 2.19 bits per heavy atom. The van der Waals surface area contributed by atoms with Gasteiger partial charge in [0.05, 0.1) is 16.0 Å². The first-order valence-corrected chi connectivity index (χ1v) is 7.84. The molecule has 1 aromatic carbocycles. The zero-order valence-corrected chi connectivity index (χ0v) is 12.3. The van der Waals surface area contributed by atoms with E-state index in [-0.39, 0.29) is 12.3 Å². The minimum absolute atomic E-state index is 0.0703. The number of nitro groups is 1. The highest BCUT2D eigenvalue weighted by Gasteiger charge is 2.14. The van der Waals surface area contributed by atoms with Crippen LogP contribution in [0.25, 0.3) is 10.9 Å². The normalized spacial score (nSPS) is 10.7. The minimum atomic E-state index is -0.390. The molecule has 0 radical (unpaired) electrons. The largest absolute Gasteiger partial charge is 0.396 e. The Morgan fingerprint density at radius 1 is 1.33 bits per heavy atom. The molecule has 0 unspecified atom stereocenters. The molecule has 0 bridgehead atoms. The van der Waals surface area contributed by atoms with Crippen molar-refractivity contribution in [2.45, 2.75) is 6.42 Å².